The lowest BCUT2D eigenvalue weighted by atomic mass is 9.48. The molecular formula is C27H24I3NO11S. The van der Waals surface area contributed by atoms with Gasteiger partial charge in [0.1, 0.15) is 18.0 Å². The number of rotatable bonds is 9. The van der Waals surface area contributed by atoms with Crippen molar-refractivity contribution in [3.05, 3.63) is 62.3 Å². The SMILES string of the molecule is O=C(OC12CC3CC(C1)CC(C(=O)OCCS(=O)(=O)O)(C3)C2)c1ccc([N+](=O)[O-])c(OC(=O)c2cc(I)cc(I)c2I)c1. The van der Waals surface area contributed by atoms with Crippen LogP contribution in [0.2, 0.25) is 0 Å². The summed E-state index contributed by atoms with van der Waals surface area (Å²) in [5, 5.41) is 11.7. The second-order valence-electron chi connectivity index (χ2n) is 11.3. The molecule has 4 aliphatic rings. The average Bonchev–Trinajstić information content (AvgIpc) is 2.88. The third-order valence-corrected chi connectivity index (χ3v) is 12.5. The van der Waals surface area contributed by atoms with Crippen molar-refractivity contribution in [2.75, 3.05) is 12.4 Å². The Labute approximate surface area is 287 Å². The van der Waals surface area contributed by atoms with Gasteiger partial charge in [-0.1, -0.05) is 0 Å². The summed E-state index contributed by atoms with van der Waals surface area (Å²) < 4.78 is 50.1. The van der Waals surface area contributed by atoms with Crippen molar-refractivity contribution in [3.63, 3.8) is 0 Å². The smallest absolute Gasteiger partial charge is 0.344 e. The number of hydrogen-bond donors (Lipinski definition) is 1. The number of ether oxygens (including phenoxy) is 3. The first kappa shape index (κ1) is 32.7. The van der Waals surface area contributed by atoms with E-state index in [1.54, 1.807) is 6.07 Å². The van der Waals surface area contributed by atoms with Crippen LogP contribution in [0.4, 0.5) is 5.69 Å². The largest absolute Gasteiger partial charge is 0.464 e. The highest BCUT2D eigenvalue weighted by atomic mass is 127. The molecule has 0 heterocycles. The monoisotopic (exact) mass is 951 g/mol. The predicted molar refractivity (Wildman–Crippen MR) is 175 cm³/mol. The molecule has 1 N–H and O–H groups in total. The predicted octanol–water partition coefficient (Wildman–Crippen LogP) is 5.55. The lowest BCUT2D eigenvalue weighted by Crippen LogP contribution is -2.60. The number of nitro benzene ring substituents is 1. The van der Waals surface area contributed by atoms with Crippen molar-refractivity contribution in [2.45, 2.75) is 44.1 Å². The second kappa shape index (κ2) is 12.3. The first-order valence-corrected chi connectivity index (χ1v) is 17.9. The maximum Gasteiger partial charge on any atom is 0.344 e. The Kier molecular flexibility index (Phi) is 9.34. The quantitative estimate of drug-likeness (QED) is 0.0634. The molecule has 230 valence electrons. The Hall–Kier alpha value is -1.65. The van der Waals surface area contributed by atoms with E-state index in [2.05, 4.69) is 45.2 Å². The van der Waals surface area contributed by atoms with Gasteiger partial charge in [-0.05, 0) is 130 Å². The number of esters is 3. The molecule has 0 aromatic heterocycles. The average molecular weight is 951 g/mol. The van der Waals surface area contributed by atoms with Crippen molar-refractivity contribution >= 4 is 101 Å². The van der Waals surface area contributed by atoms with E-state index in [1.165, 1.54) is 6.07 Å². The summed E-state index contributed by atoms with van der Waals surface area (Å²) in [6.45, 7) is -0.480. The second-order valence-corrected chi connectivity index (χ2v) is 16.4. The molecule has 4 fully saturated rings. The molecule has 4 bridgehead atoms. The first-order chi connectivity index (χ1) is 20.1. The van der Waals surface area contributed by atoms with Gasteiger partial charge in [0.2, 0.25) is 5.75 Å². The number of hydrogen-bond acceptors (Lipinski definition) is 10. The fraction of sp³-hybridized carbons (Fsp3) is 0.444. The van der Waals surface area contributed by atoms with Gasteiger partial charge < -0.3 is 14.2 Å². The fourth-order valence-corrected chi connectivity index (χ4v) is 9.59. The van der Waals surface area contributed by atoms with Crippen LogP contribution in [-0.2, 0) is 24.4 Å². The standard InChI is InChI=1S/C27H24I3NO11S/c28-17-7-18(22(30)19(29)8-17)24(33)41-21-6-16(1-2-20(21)31(35)36)23(32)42-27-11-14-5-15(12-27)10-26(9-14,13-27)25(34)40-3-4-43(37,38)39/h1-2,6-8,14-15H,3-5,9-13H2,(H,37,38,39). The van der Waals surface area contributed by atoms with E-state index in [1.807, 2.05) is 28.7 Å². The van der Waals surface area contributed by atoms with Crippen LogP contribution in [0.5, 0.6) is 5.75 Å². The Morgan fingerprint density at radius 3 is 2.33 bits per heavy atom. The zero-order valence-electron chi connectivity index (χ0n) is 22.2. The van der Waals surface area contributed by atoms with Crippen molar-refractivity contribution < 1.29 is 46.5 Å². The molecule has 0 amide bonds. The van der Waals surface area contributed by atoms with Gasteiger partial charge in [-0.2, -0.15) is 8.42 Å². The van der Waals surface area contributed by atoms with Gasteiger partial charge in [-0.15, -0.1) is 0 Å². The Bertz CT molecular complexity index is 1630. The van der Waals surface area contributed by atoms with Gasteiger partial charge in [0.15, 0.2) is 0 Å². The highest BCUT2D eigenvalue weighted by Gasteiger charge is 2.63. The Morgan fingerprint density at radius 2 is 1.70 bits per heavy atom. The van der Waals surface area contributed by atoms with Crippen molar-refractivity contribution in [1.29, 1.82) is 0 Å². The van der Waals surface area contributed by atoms with Crippen LogP contribution in [0.1, 0.15) is 59.2 Å². The number of carbonyl (C=O) groups excluding carboxylic acids is 3. The van der Waals surface area contributed by atoms with Gasteiger partial charge in [0.25, 0.3) is 10.1 Å². The first-order valence-electron chi connectivity index (χ1n) is 13.1. The van der Waals surface area contributed by atoms with Crippen LogP contribution >= 0.6 is 67.8 Å². The Balaban J connectivity index is 1.37. The van der Waals surface area contributed by atoms with Crippen LogP contribution in [0.25, 0.3) is 0 Å². The van der Waals surface area contributed by atoms with E-state index >= 15 is 0 Å². The van der Waals surface area contributed by atoms with Crippen LogP contribution in [0.15, 0.2) is 30.3 Å². The fourth-order valence-electron chi connectivity index (χ4n) is 6.92. The van der Waals surface area contributed by atoms with E-state index in [-0.39, 0.29) is 29.4 Å². The van der Waals surface area contributed by atoms with Crippen LogP contribution < -0.4 is 4.74 Å². The minimum atomic E-state index is -4.30. The molecule has 0 saturated heterocycles. The van der Waals surface area contributed by atoms with E-state index in [4.69, 9.17) is 18.8 Å². The molecule has 43 heavy (non-hydrogen) atoms. The molecule has 0 spiro atoms. The summed E-state index contributed by atoms with van der Waals surface area (Å²) in [4.78, 5) is 50.7. The van der Waals surface area contributed by atoms with Crippen LogP contribution in [0.3, 0.4) is 0 Å². The highest BCUT2D eigenvalue weighted by Crippen LogP contribution is 2.63. The minimum absolute atomic E-state index is 0.0548. The molecule has 0 aliphatic heterocycles. The molecule has 4 saturated carbocycles. The van der Waals surface area contributed by atoms with Crippen LogP contribution in [-0.4, -0.2) is 53.8 Å². The molecule has 2 aromatic carbocycles. The summed E-state index contributed by atoms with van der Waals surface area (Å²) in [7, 11) is -4.30. The molecular weight excluding hydrogens is 927 g/mol. The van der Waals surface area contributed by atoms with E-state index in [0.717, 1.165) is 25.7 Å². The van der Waals surface area contributed by atoms with Crippen molar-refractivity contribution in [2.24, 2.45) is 17.3 Å². The summed E-state index contributed by atoms with van der Waals surface area (Å²) in [6, 6.07) is 6.90. The maximum atomic E-state index is 13.5. The molecule has 4 aliphatic carbocycles. The van der Waals surface area contributed by atoms with E-state index in [0.29, 0.717) is 29.3 Å². The van der Waals surface area contributed by atoms with Gasteiger partial charge in [-0.25, -0.2) is 9.59 Å². The topological polar surface area (TPSA) is 176 Å². The van der Waals surface area contributed by atoms with Gasteiger partial charge in [-0.3, -0.25) is 19.5 Å². The van der Waals surface area contributed by atoms with Crippen molar-refractivity contribution in [1.82, 2.24) is 0 Å². The number of benzene rings is 2. The summed E-state index contributed by atoms with van der Waals surface area (Å²) in [5.41, 5.74) is -2.25. The molecule has 2 aromatic rings. The molecule has 16 heteroatoms. The number of nitro groups is 1. The maximum absolute atomic E-state index is 13.5. The lowest BCUT2D eigenvalue weighted by molar-refractivity contribution is -0.385. The third-order valence-electron chi connectivity index (χ3n) is 8.13. The lowest BCUT2D eigenvalue weighted by Gasteiger charge is -2.59. The molecule has 2 atom stereocenters. The molecule has 12 nitrogen and oxygen atoms in total. The summed E-state index contributed by atoms with van der Waals surface area (Å²) in [5.74, 6) is -3.09. The summed E-state index contributed by atoms with van der Waals surface area (Å²) in [6.07, 6.45) is 3.19. The molecule has 0 radical (unpaired) electrons. The highest BCUT2D eigenvalue weighted by molar-refractivity contribution is 14.1. The van der Waals surface area contributed by atoms with Gasteiger partial charge in [0.05, 0.1) is 21.5 Å². The number of halogens is 3. The van der Waals surface area contributed by atoms with Crippen LogP contribution in [0, 0.1) is 38.1 Å². The Morgan fingerprint density at radius 1 is 1.02 bits per heavy atom. The summed E-state index contributed by atoms with van der Waals surface area (Å²) >= 11 is 6.12. The zero-order chi connectivity index (χ0) is 31.3. The number of nitrogens with zero attached hydrogens (tertiary/aromatic N) is 1. The molecule has 6 rings (SSSR count). The third kappa shape index (κ3) is 7.11. The van der Waals surface area contributed by atoms with E-state index in [9.17, 15) is 32.9 Å². The van der Waals surface area contributed by atoms with Crippen molar-refractivity contribution in [3.8, 4) is 5.75 Å². The normalized spacial score (nSPS) is 25.7. The molecule has 2 unspecified atom stereocenters. The van der Waals surface area contributed by atoms with Gasteiger partial charge >= 0.3 is 23.6 Å². The minimum Gasteiger partial charge on any atom is -0.464 e. The number of carbonyl (C=O) groups is 3. The zero-order valence-corrected chi connectivity index (χ0v) is 29.5. The van der Waals surface area contributed by atoms with Gasteiger partial charge in [0, 0.05) is 29.3 Å². The van der Waals surface area contributed by atoms with E-state index < -0.39 is 67.8 Å².